The van der Waals surface area contributed by atoms with Gasteiger partial charge in [0.1, 0.15) is 42.3 Å². The van der Waals surface area contributed by atoms with Crippen LogP contribution in [0.3, 0.4) is 0 Å². The number of aromatic amines is 1. The maximum absolute atomic E-state index is 14.0. The number of nitrogens with two attached hydrogens (primary N) is 3. The highest BCUT2D eigenvalue weighted by Crippen LogP contribution is 2.20. The van der Waals surface area contributed by atoms with E-state index in [-0.39, 0.29) is 63.5 Å². The minimum absolute atomic E-state index is 0.0305. The molecule has 76 heavy (non-hydrogen) atoms. The smallest absolute Gasteiger partial charge is 0.334 e. The third kappa shape index (κ3) is 18.6. The first kappa shape index (κ1) is 60.2. The van der Waals surface area contributed by atoms with Gasteiger partial charge in [-0.25, -0.2) is 10.2 Å². The van der Waals surface area contributed by atoms with Gasteiger partial charge in [-0.2, -0.15) is 0 Å². The molecule has 1 aliphatic rings. The standard InChI is InChI=1S/C49H71N15O12/c1-25(2)18-35(43(71)56-33(16-11-17-54-48(52)53-5)42(70)57-34(41(51)69)20-29-23-55-32-15-10-9-14-31(29)32)60-49(76)63-62-45(73)36(19-28-12-7-6-8-13-28)59-47(75)40(26(3)65)61-44(72)37(22-39(50)68)58-46(74)38-21-30(67)24-64(38)27(4)66/h6-10,12-15,23,25-26,30,33-38,40,55,65,67H,11,16-22,24H2,1-5H3,(H2,50,68)(H2,51,69)(H,56,71)(H,57,70)(H,58,74)(H,59,75)(H,61,72)(H,62,73)(H3,52,53,54)(H2,60,63,76)/t26-,30-,33+,34+,35+,36+,37+,38+,40+/m1/s1. The Morgan fingerprint density at radius 3 is 2.00 bits per heavy atom. The Morgan fingerprint density at radius 1 is 0.737 bits per heavy atom. The molecule has 11 amide bonds. The summed E-state index contributed by atoms with van der Waals surface area (Å²) in [6.45, 7) is 5.98. The Hall–Kier alpha value is -8.33. The number of β-amino-alcohol motifs (C(OH)–C–C–N with tert-alkyl or cyclic N) is 1. The van der Waals surface area contributed by atoms with E-state index in [0.717, 1.165) is 22.7 Å². The van der Waals surface area contributed by atoms with Crippen LogP contribution in [0.5, 0.6) is 0 Å². The molecule has 3 aromatic rings. The third-order valence-corrected chi connectivity index (χ3v) is 12.2. The largest absolute Gasteiger partial charge is 0.391 e. The number of fused-ring (bicyclic) bond motifs is 1. The van der Waals surface area contributed by atoms with Crippen LogP contribution >= 0.6 is 0 Å². The molecule has 4 rings (SSSR count). The first-order chi connectivity index (χ1) is 36.0. The fourth-order valence-electron chi connectivity index (χ4n) is 8.33. The molecule has 0 saturated carbocycles. The Bertz CT molecular complexity index is 2570. The number of hydrogen-bond donors (Lipinski definition) is 15. The molecular formula is C49H71N15O12. The second kappa shape index (κ2) is 28.9. The van der Waals surface area contributed by atoms with Gasteiger partial charge in [0.2, 0.25) is 47.3 Å². The maximum atomic E-state index is 14.0. The van der Waals surface area contributed by atoms with Gasteiger partial charge in [0.15, 0.2) is 5.96 Å². The summed E-state index contributed by atoms with van der Waals surface area (Å²) in [6, 6.07) is 4.62. The highest BCUT2D eigenvalue weighted by molar-refractivity contribution is 5.98. The molecule has 414 valence electrons. The number of para-hydroxylation sites is 1. The van der Waals surface area contributed by atoms with E-state index in [1.54, 1.807) is 50.4 Å². The Kier molecular flexibility index (Phi) is 22.9. The Morgan fingerprint density at radius 2 is 1.37 bits per heavy atom. The lowest BCUT2D eigenvalue weighted by atomic mass is 10.0. The first-order valence-electron chi connectivity index (χ1n) is 24.6. The summed E-state index contributed by atoms with van der Waals surface area (Å²) in [5, 5.41) is 39.4. The van der Waals surface area contributed by atoms with Gasteiger partial charge in [0, 0.05) is 63.4 Å². The minimum atomic E-state index is -1.81. The van der Waals surface area contributed by atoms with Crippen molar-refractivity contribution in [3.8, 4) is 0 Å². The topological polar surface area (TPSA) is 429 Å². The molecule has 27 nitrogen and oxygen atoms in total. The van der Waals surface area contributed by atoms with E-state index in [1.807, 2.05) is 24.3 Å². The number of H-pyrrole nitrogens is 1. The van der Waals surface area contributed by atoms with Crippen molar-refractivity contribution in [2.24, 2.45) is 28.1 Å². The SMILES string of the molecule is CN=C(N)NCCC[C@H](NC(=O)[C@H](CC(C)C)NC(=O)NNC(=O)[C@H](Cc1ccccc1)NC(=O)[C@@H](NC(=O)[C@H](CC(N)=O)NC(=O)[C@@H]1C[C@@H](O)CN1C(C)=O)[C@@H](C)O)C(=O)N[C@@H](Cc1c[nH]c2ccccc12)C(N)=O. The van der Waals surface area contributed by atoms with Gasteiger partial charge in [-0.3, -0.25) is 53.6 Å². The molecular weight excluding hydrogens is 991 g/mol. The van der Waals surface area contributed by atoms with Crippen molar-refractivity contribution in [2.75, 3.05) is 20.1 Å². The number of guanidine groups is 1. The monoisotopic (exact) mass is 1060 g/mol. The number of primary amides is 2. The molecule has 1 fully saturated rings. The van der Waals surface area contributed by atoms with Crippen molar-refractivity contribution < 1.29 is 58.2 Å². The van der Waals surface area contributed by atoms with Crippen molar-refractivity contribution in [3.05, 3.63) is 71.9 Å². The van der Waals surface area contributed by atoms with E-state index in [2.05, 4.69) is 58.0 Å². The van der Waals surface area contributed by atoms with Gasteiger partial charge >= 0.3 is 6.03 Å². The first-order valence-corrected chi connectivity index (χ1v) is 24.6. The van der Waals surface area contributed by atoms with Gasteiger partial charge in [0.25, 0.3) is 5.91 Å². The van der Waals surface area contributed by atoms with E-state index in [9.17, 15) is 58.2 Å². The van der Waals surface area contributed by atoms with Gasteiger partial charge in [-0.05, 0) is 49.3 Å². The van der Waals surface area contributed by atoms with Crippen molar-refractivity contribution in [1.82, 2.24) is 58.0 Å². The van der Waals surface area contributed by atoms with Crippen LogP contribution in [0.2, 0.25) is 0 Å². The van der Waals surface area contributed by atoms with Crippen LogP contribution in [0.4, 0.5) is 4.79 Å². The number of benzene rings is 2. The summed E-state index contributed by atoms with van der Waals surface area (Å²) in [5.74, 6) is -8.14. The van der Waals surface area contributed by atoms with E-state index >= 15 is 0 Å². The number of nitrogens with zero attached hydrogens (tertiary/aromatic N) is 2. The van der Waals surface area contributed by atoms with Crippen LogP contribution in [-0.2, 0) is 56.0 Å². The van der Waals surface area contributed by atoms with Crippen LogP contribution < -0.4 is 65.3 Å². The lowest BCUT2D eigenvalue weighted by Crippen LogP contribution is -2.62. The summed E-state index contributed by atoms with van der Waals surface area (Å²) >= 11 is 0. The number of urea groups is 1. The van der Waals surface area contributed by atoms with Crippen LogP contribution in [0, 0.1) is 5.92 Å². The zero-order valence-corrected chi connectivity index (χ0v) is 43.0. The lowest BCUT2D eigenvalue weighted by Gasteiger charge is -2.28. The van der Waals surface area contributed by atoms with E-state index < -0.39 is 120 Å². The number of aliphatic hydroxyl groups excluding tert-OH is 2. The van der Waals surface area contributed by atoms with Crippen molar-refractivity contribution >= 4 is 76.1 Å². The molecule has 2 aromatic carbocycles. The molecule has 27 heteroatoms. The average molecular weight is 1060 g/mol. The zero-order valence-electron chi connectivity index (χ0n) is 43.0. The molecule has 0 aliphatic carbocycles. The quantitative estimate of drug-likeness (QED) is 0.0159. The predicted octanol–water partition coefficient (Wildman–Crippen LogP) is -3.84. The maximum Gasteiger partial charge on any atom is 0.334 e. The van der Waals surface area contributed by atoms with Crippen LogP contribution in [0.1, 0.15) is 70.9 Å². The van der Waals surface area contributed by atoms with Gasteiger partial charge < -0.3 is 74.5 Å². The van der Waals surface area contributed by atoms with Crippen molar-refractivity contribution in [3.63, 3.8) is 0 Å². The fraction of sp³-hybridized carbons (Fsp3) is 0.490. The summed E-state index contributed by atoms with van der Waals surface area (Å²) in [4.78, 5) is 141. The molecule has 1 aliphatic heterocycles. The third-order valence-electron chi connectivity index (χ3n) is 12.2. The molecule has 2 heterocycles. The van der Waals surface area contributed by atoms with E-state index in [4.69, 9.17) is 17.2 Å². The van der Waals surface area contributed by atoms with Crippen molar-refractivity contribution in [2.45, 2.75) is 127 Å². The normalized spacial score (nSPS) is 17.1. The Balaban J connectivity index is 1.47. The number of aliphatic imine (C=N–C) groups is 1. The molecule has 1 aromatic heterocycles. The second-order valence-electron chi connectivity index (χ2n) is 18.8. The number of amides is 11. The predicted molar refractivity (Wildman–Crippen MR) is 276 cm³/mol. The number of hydrogen-bond acceptors (Lipinski definition) is 13. The summed E-state index contributed by atoms with van der Waals surface area (Å²) in [5.41, 5.74) is 23.3. The summed E-state index contributed by atoms with van der Waals surface area (Å²) in [6.07, 6.45) is -1.72. The zero-order chi connectivity index (χ0) is 56.2. The number of hydrazine groups is 1. The highest BCUT2D eigenvalue weighted by atomic mass is 16.3. The number of aliphatic hydroxyl groups is 2. The number of aromatic nitrogens is 1. The number of rotatable bonds is 26. The van der Waals surface area contributed by atoms with Crippen LogP contribution in [0.25, 0.3) is 10.9 Å². The molecule has 18 N–H and O–H groups in total. The van der Waals surface area contributed by atoms with Gasteiger partial charge in [-0.15, -0.1) is 0 Å². The molecule has 0 unspecified atom stereocenters. The van der Waals surface area contributed by atoms with Crippen LogP contribution in [0.15, 0.2) is 65.8 Å². The number of carbonyl (C=O) groups is 10. The fourth-order valence-corrected chi connectivity index (χ4v) is 8.33. The number of likely N-dealkylation sites (tertiary alicyclic amines) is 1. The van der Waals surface area contributed by atoms with Gasteiger partial charge in [-0.1, -0.05) is 62.4 Å². The average Bonchev–Trinajstić information content (AvgIpc) is 3.97. The highest BCUT2D eigenvalue weighted by Gasteiger charge is 2.40. The molecule has 9 atom stereocenters. The summed E-state index contributed by atoms with van der Waals surface area (Å²) in [7, 11) is 1.48. The molecule has 1 saturated heterocycles. The van der Waals surface area contributed by atoms with E-state index in [0.29, 0.717) is 11.1 Å². The minimum Gasteiger partial charge on any atom is -0.391 e. The number of carbonyl (C=O) groups excluding carboxylic acids is 10. The van der Waals surface area contributed by atoms with Gasteiger partial charge in [0.05, 0.1) is 18.6 Å². The van der Waals surface area contributed by atoms with Crippen LogP contribution in [-0.4, -0.2) is 160 Å². The molecule has 0 bridgehead atoms. The lowest BCUT2D eigenvalue weighted by molar-refractivity contribution is -0.139. The van der Waals surface area contributed by atoms with Crippen molar-refractivity contribution in [1.29, 1.82) is 0 Å². The Labute approximate surface area is 438 Å². The van der Waals surface area contributed by atoms with E-state index in [1.165, 1.54) is 14.0 Å². The summed E-state index contributed by atoms with van der Waals surface area (Å²) < 4.78 is 0. The number of nitrogens with one attached hydrogen (secondary N) is 10. The molecule has 0 radical (unpaired) electrons. The molecule has 0 spiro atoms. The second-order valence-corrected chi connectivity index (χ2v) is 18.8.